The average Bonchev–Trinajstić information content (AvgIpc) is 2.45. The highest BCUT2D eigenvalue weighted by molar-refractivity contribution is 7.89. The molecule has 1 heterocycles. The Morgan fingerprint density at radius 2 is 2.14 bits per heavy atom. The standard InChI is InChI=1S/C14H20N2O4S/c1-2-10-5-3-4-8-16(10)13-7-6-11(21(15,19)20)9-12(13)14(17)18/h6-7,9-10H,2-5,8H2,1H3,(H,17,18)(H2,15,19,20). The lowest BCUT2D eigenvalue weighted by molar-refractivity contribution is 0.0697. The van der Waals surface area contributed by atoms with Crippen LogP contribution in [0.2, 0.25) is 0 Å². The van der Waals surface area contributed by atoms with Crippen molar-refractivity contribution in [2.75, 3.05) is 11.4 Å². The van der Waals surface area contributed by atoms with E-state index < -0.39 is 16.0 Å². The number of aromatic carboxylic acids is 1. The predicted octanol–water partition coefficient (Wildman–Crippen LogP) is 1.80. The highest BCUT2D eigenvalue weighted by Crippen LogP contribution is 2.30. The number of carbonyl (C=O) groups is 1. The van der Waals surface area contributed by atoms with Crippen molar-refractivity contribution in [3.8, 4) is 0 Å². The first kappa shape index (κ1) is 15.8. The molecule has 0 spiro atoms. The van der Waals surface area contributed by atoms with E-state index in [0.29, 0.717) is 5.69 Å². The van der Waals surface area contributed by atoms with Crippen LogP contribution < -0.4 is 10.0 Å². The van der Waals surface area contributed by atoms with Crippen molar-refractivity contribution in [2.45, 2.75) is 43.5 Å². The summed E-state index contributed by atoms with van der Waals surface area (Å²) in [5, 5.41) is 14.5. The van der Waals surface area contributed by atoms with E-state index in [1.807, 2.05) is 0 Å². The molecule has 7 heteroatoms. The van der Waals surface area contributed by atoms with Crippen LogP contribution in [-0.4, -0.2) is 32.1 Å². The van der Waals surface area contributed by atoms with Gasteiger partial charge in [0.15, 0.2) is 0 Å². The number of carboxylic acids is 1. The third-order valence-electron chi connectivity index (χ3n) is 3.93. The molecule has 1 aliphatic heterocycles. The Bertz CT molecular complexity index is 642. The van der Waals surface area contributed by atoms with Crippen molar-refractivity contribution in [3.63, 3.8) is 0 Å². The van der Waals surface area contributed by atoms with Crippen LogP contribution >= 0.6 is 0 Å². The second-order valence-corrected chi connectivity index (χ2v) is 6.84. The van der Waals surface area contributed by atoms with Crippen molar-refractivity contribution in [1.82, 2.24) is 0 Å². The molecule has 1 aliphatic rings. The molecule has 1 atom stereocenters. The summed E-state index contributed by atoms with van der Waals surface area (Å²) in [6.07, 6.45) is 4.08. The summed E-state index contributed by atoms with van der Waals surface area (Å²) in [6, 6.07) is 4.36. The fourth-order valence-corrected chi connectivity index (χ4v) is 3.40. The minimum Gasteiger partial charge on any atom is -0.478 e. The zero-order valence-electron chi connectivity index (χ0n) is 11.9. The molecule has 1 aromatic rings. The van der Waals surface area contributed by atoms with Crippen LogP contribution in [0.4, 0.5) is 5.69 Å². The molecule has 6 nitrogen and oxygen atoms in total. The number of benzene rings is 1. The number of hydrogen-bond acceptors (Lipinski definition) is 4. The number of nitrogens with zero attached hydrogens (tertiary/aromatic N) is 1. The smallest absolute Gasteiger partial charge is 0.337 e. The maximum absolute atomic E-state index is 11.5. The van der Waals surface area contributed by atoms with E-state index in [-0.39, 0.29) is 16.5 Å². The Morgan fingerprint density at radius 1 is 1.43 bits per heavy atom. The van der Waals surface area contributed by atoms with E-state index >= 15 is 0 Å². The average molecular weight is 312 g/mol. The number of nitrogens with two attached hydrogens (primary N) is 1. The molecule has 0 saturated carbocycles. The van der Waals surface area contributed by atoms with Gasteiger partial charge in [-0.3, -0.25) is 0 Å². The van der Waals surface area contributed by atoms with E-state index in [1.54, 1.807) is 6.07 Å². The SMILES string of the molecule is CCC1CCCCN1c1ccc(S(N)(=O)=O)cc1C(=O)O. The van der Waals surface area contributed by atoms with E-state index in [1.165, 1.54) is 6.07 Å². The maximum atomic E-state index is 11.5. The van der Waals surface area contributed by atoms with Crippen LogP contribution in [0.5, 0.6) is 0 Å². The lowest BCUT2D eigenvalue weighted by atomic mass is 9.98. The zero-order valence-corrected chi connectivity index (χ0v) is 12.8. The van der Waals surface area contributed by atoms with Crippen molar-refractivity contribution in [1.29, 1.82) is 0 Å². The fraction of sp³-hybridized carbons (Fsp3) is 0.500. The highest BCUT2D eigenvalue weighted by atomic mass is 32.2. The number of piperidine rings is 1. The molecule has 0 aliphatic carbocycles. The third kappa shape index (κ3) is 3.36. The molecule has 2 rings (SSSR count). The molecule has 0 amide bonds. The van der Waals surface area contributed by atoms with E-state index in [2.05, 4.69) is 11.8 Å². The normalized spacial score (nSPS) is 19.5. The molecule has 1 unspecified atom stereocenters. The number of anilines is 1. The molecular weight excluding hydrogens is 292 g/mol. The summed E-state index contributed by atoms with van der Waals surface area (Å²) in [5.41, 5.74) is 0.559. The van der Waals surface area contributed by atoms with Crippen LogP contribution in [0.1, 0.15) is 43.0 Å². The van der Waals surface area contributed by atoms with Crippen LogP contribution in [0.3, 0.4) is 0 Å². The summed E-state index contributed by atoms with van der Waals surface area (Å²) in [4.78, 5) is 13.4. The van der Waals surface area contributed by atoms with Gasteiger partial charge in [-0.25, -0.2) is 18.4 Å². The molecule has 21 heavy (non-hydrogen) atoms. The van der Waals surface area contributed by atoms with Gasteiger partial charge in [-0.05, 0) is 43.9 Å². The van der Waals surface area contributed by atoms with Gasteiger partial charge in [-0.2, -0.15) is 0 Å². The second-order valence-electron chi connectivity index (χ2n) is 5.28. The van der Waals surface area contributed by atoms with Crippen LogP contribution in [0, 0.1) is 0 Å². The van der Waals surface area contributed by atoms with Gasteiger partial charge in [-0.1, -0.05) is 6.92 Å². The number of rotatable bonds is 4. The van der Waals surface area contributed by atoms with Crippen molar-refractivity contribution >= 4 is 21.7 Å². The lowest BCUT2D eigenvalue weighted by Gasteiger charge is -2.38. The first-order valence-electron chi connectivity index (χ1n) is 7.01. The molecular formula is C14H20N2O4S. The molecule has 0 bridgehead atoms. The number of primary sulfonamides is 1. The van der Waals surface area contributed by atoms with E-state index in [0.717, 1.165) is 38.3 Å². The van der Waals surface area contributed by atoms with Gasteiger partial charge in [0.25, 0.3) is 0 Å². The fourth-order valence-electron chi connectivity index (χ4n) is 2.86. The third-order valence-corrected chi connectivity index (χ3v) is 4.85. The molecule has 0 radical (unpaired) electrons. The van der Waals surface area contributed by atoms with Crippen molar-refractivity contribution in [3.05, 3.63) is 23.8 Å². The summed E-state index contributed by atoms with van der Waals surface area (Å²) < 4.78 is 22.8. The molecule has 0 aromatic heterocycles. The zero-order chi connectivity index (χ0) is 15.6. The first-order valence-corrected chi connectivity index (χ1v) is 8.56. The molecule has 1 fully saturated rings. The monoisotopic (exact) mass is 312 g/mol. The largest absolute Gasteiger partial charge is 0.478 e. The van der Waals surface area contributed by atoms with Gasteiger partial charge >= 0.3 is 5.97 Å². The minimum absolute atomic E-state index is 0.0122. The summed E-state index contributed by atoms with van der Waals surface area (Å²) >= 11 is 0. The van der Waals surface area contributed by atoms with Crippen molar-refractivity contribution < 1.29 is 18.3 Å². The lowest BCUT2D eigenvalue weighted by Crippen LogP contribution is -2.40. The molecule has 1 saturated heterocycles. The Labute approximate surface area is 124 Å². The van der Waals surface area contributed by atoms with Crippen LogP contribution in [0.25, 0.3) is 0 Å². The second kappa shape index (κ2) is 6.03. The molecule has 3 N–H and O–H groups in total. The first-order chi connectivity index (χ1) is 9.84. The topological polar surface area (TPSA) is 101 Å². The maximum Gasteiger partial charge on any atom is 0.337 e. The Morgan fingerprint density at radius 3 is 2.71 bits per heavy atom. The highest BCUT2D eigenvalue weighted by Gasteiger charge is 2.26. The predicted molar refractivity (Wildman–Crippen MR) is 80.1 cm³/mol. The van der Waals surface area contributed by atoms with Crippen LogP contribution in [-0.2, 0) is 10.0 Å². The summed E-state index contributed by atoms with van der Waals surface area (Å²) in [5.74, 6) is -1.14. The van der Waals surface area contributed by atoms with Gasteiger partial charge < -0.3 is 10.0 Å². The van der Waals surface area contributed by atoms with E-state index in [4.69, 9.17) is 5.14 Å². The molecule has 1 aromatic carbocycles. The van der Waals surface area contributed by atoms with Gasteiger partial charge in [0.05, 0.1) is 16.1 Å². The summed E-state index contributed by atoms with van der Waals surface area (Å²) in [6.45, 7) is 2.86. The molecule has 116 valence electrons. The number of hydrogen-bond donors (Lipinski definition) is 2. The van der Waals surface area contributed by atoms with Crippen molar-refractivity contribution in [2.24, 2.45) is 5.14 Å². The van der Waals surface area contributed by atoms with Gasteiger partial charge in [0.1, 0.15) is 0 Å². The number of sulfonamides is 1. The number of carboxylic acid groups (broad SMARTS) is 1. The Kier molecular flexibility index (Phi) is 4.53. The van der Waals surface area contributed by atoms with Gasteiger partial charge in [0, 0.05) is 12.6 Å². The minimum atomic E-state index is -3.91. The quantitative estimate of drug-likeness (QED) is 0.883. The van der Waals surface area contributed by atoms with E-state index in [9.17, 15) is 18.3 Å². The summed E-state index contributed by atoms with van der Waals surface area (Å²) in [7, 11) is -3.91. The Hall–Kier alpha value is -1.60. The Balaban J connectivity index is 2.50. The van der Waals surface area contributed by atoms with Gasteiger partial charge in [-0.15, -0.1) is 0 Å². The van der Waals surface area contributed by atoms with Gasteiger partial charge in [0.2, 0.25) is 10.0 Å². The van der Waals surface area contributed by atoms with Crippen LogP contribution in [0.15, 0.2) is 23.1 Å².